The van der Waals surface area contributed by atoms with Gasteiger partial charge in [0.05, 0.1) is 6.33 Å². The summed E-state index contributed by atoms with van der Waals surface area (Å²) in [6, 6.07) is 7.09. The molecule has 4 aromatic rings. The Bertz CT molecular complexity index is 1120. The van der Waals surface area contributed by atoms with Gasteiger partial charge in [-0.3, -0.25) is 9.78 Å². The zero-order valence-electron chi connectivity index (χ0n) is 16.2. The molecule has 0 radical (unpaired) electrons. The Balaban J connectivity index is 1.49. The normalized spacial score (nSPS) is 11.0. The van der Waals surface area contributed by atoms with E-state index < -0.39 is 0 Å². The van der Waals surface area contributed by atoms with Gasteiger partial charge >= 0.3 is 0 Å². The molecule has 1 N–H and O–H groups in total. The number of hydrogen-bond acceptors (Lipinski definition) is 7. The van der Waals surface area contributed by atoms with Crippen molar-refractivity contribution in [2.75, 3.05) is 25.5 Å². The van der Waals surface area contributed by atoms with E-state index in [9.17, 15) is 4.79 Å². The predicted octanol–water partition coefficient (Wildman–Crippen LogP) is 1.27. The van der Waals surface area contributed by atoms with Crippen molar-refractivity contribution in [2.24, 2.45) is 0 Å². The van der Waals surface area contributed by atoms with Crippen molar-refractivity contribution in [3.05, 3.63) is 54.7 Å². The van der Waals surface area contributed by atoms with Crippen molar-refractivity contribution < 1.29 is 4.79 Å². The number of nitrogens with one attached hydrogen (secondary N) is 1. The molecule has 0 aromatic carbocycles. The highest BCUT2D eigenvalue weighted by Crippen LogP contribution is 2.18. The first-order chi connectivity index (χ1) is 14.1. The average Bonchev–Trinajstić information content (AvgIpc) is 3.40. The summed E-state index contributed by atoms with van der Waals surface area (Å²) >= 11 is 0. The topological polar surface area (TPSA) is 106 Å². The third-order valence-electron chi connectivity index (χ3n) is 4.40. The summed E-state index contributed by atoms with van der Waals surface area (Å²) in [7, 11) is 3.82. The van der Waals surface area contributed by atoms with Crippen LogP contribution in [-0.2, 0) is 6.54 Å². The number of rotatable bonds is 7. The molecule has 0 atom stereocenters. The van der Waals surface area contributed by atoms with Gasteiger partial charge in [-0.25, -0.2) is 4.98 Å². The second-order valence-corrected chi connectivity index (χ2v) is 6.72. The molecule has 4 rings (SSSR count). The van der Waals surface area contributed by atoms with Gasteiger partial charge in [-0.05, 0) is 30.7 Å². The highest BCUT2D eigenvalue weighted by atomic mass is 16.1. The van der Waals surface area contributed by atoms with Crippen LogP contribution in [0.4, 0.5) is 5.82 Å². The van der Waals surface area contributed by atoms with Crippen LogP contribution in [0.5, 0.6) is 0 Å². The number of nitrogens with zero attached hydrogens (tertiary/aromatic N) is 8. The largest absolute Gasteiger partial charge is 0.361 e. The molecule has 10 nitrogen and oxygen atoms in total. The van der Waals surface area contributed by atoms with E-state index in [1.54, 1.807) is 35.4 Å². The molecule has 10 heteroatoms. The maximum absolute atomic E-state index is 12.5. The number of imidazole rings is 1. The minimum Gasteiger partial charge on any atom is -0.361 e. The van der Waals surface area contributed by atoms with Crippen molar-refractivity contribution in [3.8, 4) is 11.5 Å². The summed E-state index contributed by atoms with van der Waals surface area (Å²) in [5, 5.41) is 15.8. The van der Waals surface area contributed by atoms with E-state index in [-0.39, 0.29) is 5.91 Å². The summed E-state index contributed by atoms with van der Waals surface area (Å²) in [5.41, 5.74) is 1.66. The van der Waals surface area contributed by atoms with Crippen LogP contribution in [0.15, 0.2) is 49.2 Å². The summed E-state index contributed by atoms with van der Waals surface area (Å²) in [6.07, 6.45) is 7.80. The third kappa shape index (κ3) is 4.05. The van der Waals surface area contributed by atoms with Crippen LogP contribution in [0.2, 0.25) is 0 Å². The second kappa shape index (κ2) is 8.05. The first-order valence-corrected chi connectivity index (χ1v) is 9.22. The van der Waals surface area contributed by atoms with Gasteiger partial charge in [0.25, 0.3) is 5.91 Å². The van der Waals surface area contributed by atoms with Crippen LogP contribution in [0, 0.1) is 0 Å². The Morgan fingerprint density at radius 3 is 2.86 bits per heavy atom. The lowest BCUT2D eigenvalue weighted by atomic mass is 10.2. The molecule has 4 aromatic heterocycles. The van der Waals surface area contributed by atoms with Gasteiger partial charge in [0.15, 0.2) is 5.65 Å². The van der Waals surface area contributed by atoms with Gasteiger partial charge in [-0.2, -0.15) is 4.52 Å². The smallest absolute Gasteiger partial charge is 0.251 e. The molecule has 0 spiro atoms. The number of hydrogen-bond donors (Lipinski definition) is 1. The quantitative estimate of drug-likeness (QED) is 0.473. The van der Waals surface area contributed by atoms with E-state index in [0.29, 0.717) is 29.3 Å². The highest BCUT2D eigenvalue weighted by molar-refractivity contribution is 5.94. The van der Waals surface area contributed by atoms with Crippen LogP contribution >= 0.6 is 0 Å². The Labute approximate surface area is 167 Å². The SMILES string of the molecule is CN(C)c1ccc2nnc(-c3cc(C(=O)NCCCn4ccnc4)ccn3)n2n1. The average molecular weight is 391 g/mol. The van der Waals surface area contributed by atoms with Crippen molar-refractivity contribution in [2.45, 2.75) is 13.0 Å². The molecule has 0 aliphatic heterocycles. The van der Waals surface area contributed by atoms with Crippen LogP contribution in [-0.4, -0.2) is 60.9 Å². The molecule has 0 bridgehead atoms. The fourth-order valence-electron chi connectivity index (χ4n) is 2.86. The van der Waals surface area contributed by atoms with E-state index in [4.69, 9.17) is 0 Å². The fraction of sp³-hybridized carbons (Fsp3) is 0.263. The van der Waals surface area contributed by atoms with Gasteiger partial charge in [-0.15, -0.1) is 15.3 Å². The van der Waals surface area contributed by atoms with E-state index >= 15 is 0 Å². The Morgan fingerprint density at radius 2 is 2.07 bits per heavy atom. The number of anilines is 1. The standard InChI is InChI=1S/C19H21N9O/c1-26(2)17-5-4-16-23-24-18(28(16)25-17)15-12-14(6-8-21-15)19(29)22-7-3-10-27-11-9-20-13-27/h4-6,8-9,11-13H,3,7,10H2,1-2H3,(H,22,29). The maximum Gasteiger partial charge on any atom is 0.251 e. The number of carbonyl (C=O) groups excluding carboxylic acids is 1. The van der Waals surface area contributed by atoms with Crippen molar-refractivity contribution >= 4 is 17.4 Å². The van der Waals surface area contributed by atoms with Gasteiger partial charge in [0.1, 0.15) is 11.5 Å². The van der Waals surface area contributed by atoms with Gasteiger partial charge in [-0.1, -0.05) is 0 Å². The van der Waals surface area contributed by atoms with Crippen LogP contribution in [0.1, 0.15) is 16.8 Å². The molecule has 0 fully saturated rings. The summed E-state index contributed by atoms with van der Waals surface area (Å²) in [5.74, 6) is 1.10. The molecule has 0 saturated heterocycles. The van der Waals surface area contributed by atoms with Crippen LogP contribution < -0.4 is 10.2 Å². The Kier molecular flexibility index (Phi) is 5.14. The van der Waals surface area contributed by atoms with E-state index in [1.165, 1.54) is 0 Å². The van der Waals surface area contributed by atoms with Gasteiger partial charge < -0.3 is 14.8 Å². The summed E-state index contributed by atoms with van der Waals surface area (Å²) in [6.45, 7) is 1.36. The predicted molar refractivity (Wildman–Crippen MR) is 108 cm³/mol. The van der Waals surface area contributed by atoms with Gasteiger partial charge in [0.2, 0.25) is 5.82 Å². The van der Waals surface area contributed by atoms with Crippen molar-refractivity contribution in [1.82, 2.24) is 39.7 Å². The minimum atomic E-state index is -0.157. The molecule has 148 valence electrons. The molecule has 4 heterocycles. The summed E-state index contributed by atoms with van der Waals surface area (Å²) < 4.78 is 3.60. The third-order valence-corrected chi connectivity index (χ3v) is 4.40. The first kappa shape index (κ1) is 18.5. The number of pyridine rings is 1. The lowest BCUT2D eigenvalue weighted by Crippen LogP contribution is -2.25. The minimum absolute atomic E-state index is 0.157. The first-order valence-electron chi connectivity index (χ1n) is 9.22. The fourth-order valence-corrected chi connectivity index (χ4v) is 2.86. The molecule has 0 aliphatic rings. The number of aromatic nitrogens is 7. The van der Waals surface area contributed by atoms with E-state index in [0.717, 1.165) is 18.8 Å². The van der Waals surface area contributed by atoms with E-state index in [2.05, 4.69) is 30.6 Å². The Hall–Kier alpha value is -3.82. The zero-order valence-corrected chi connectivity index (χ0v) is 16.2. The number of fused-ring (bicyclic) bond motifs is 1. The molecule has 0 saturated carbocycles. The number of carbonyl (C=O) groups is 1. The van der Waals surface area contributed by atoms with Crippen LogP contribution in [0.25, 0.3) is 17.2 Å². The molecule has 29 heavy (non-hydrogen) atoms. The summed E-state index contributed by atoms with van der Waals surface area (Å²) in [4.78, 5) is 22.8. The van der Waals surface area contributed by atoms with Gasteiger partial charge in [0, 0.05) is 51.3 Å². The maximum atomic E-state index is 12.5. The lowest BCUT2D eigenvalue weighted by Gasteiger charge is -2.10. The Morgan fingerprint density at radius 1 is 1.17 bits per heavy atom. The zero-order chi connectivity index (χ0) is 20.2. The molecular formula is C19H21N9O. The number of amides is 1. The molecule has 1 amide bonds. The lowest BCUT2D eigenvalue weighted by molar-refractivity contribution is 0.0952. The second-order valence-electron chi connectivity index (χ2n) is 6.72. The van der Waals surface area contributed by atoms with Crippen LogP contribution in [0.3, 0.4) is 0 Å². The van der Waals surface area contributed by atoms with Crippen molar-refractivity contribution in [1.29, 1.82) is 0 Å². The molecule has 0 unspecified atom stereocenters. The monoisotopic (exact) mass is 391 g/mol. The van der Waals surface area contributed by atoms with Crippen molar-refractivity contribution in [3.63, 3.8) is 0 Å². The molecule has 0 aliphatic carbocycles. The highest BCUT2D eigenvalue weighted by Gasteiger charge is 2.14. The van der Waals surface area contributed by atoms with E-state index in [1.807, 2.05) is 41.9 Å². The number of aryl methyl sites for hydroxylation is 1. The molecular weight excluding hydrogens is 370 g/mol.